The summed E-state index contributed by atoms with van der Waals surface area (Å²) < 4.78 is 5.42. The first-order valence-corrected chi connectivity index (χ1v) is 7.06. The molecule has 0 unspecified atom stereocenters. The van der Waals surface area contributed by atoms with Crippen LogP contribution < -0.4 is 5.32 Å². The molecule has 4 nitrogen and oxygen atoms in total. The highest BCUT2D eigenvalue weighted by molar-refractivity contribution is 7.07. The van der Waals surface area contributed by atoms with Crippen molar-refractivity contribution in [2.75, 3.05) is 6.61 Å². The quantitative estimate of drug-likeness (QED) is 0.882. The third-order valence-corrected chi connectivity index (χ3v) is 3.27. The van der Waals surface area contributed by atoms with Gasteiger partial charge < -0.3 is 10.1 Å². The van der Waals surface area contributed by atoms with E-state index < -0.39 is 0 Å². The fourth-order valence-corrected chi connectivity index (χ4v) is 2.21. The van der Waals surface area contributed by atoms with Crippen molar-refractivity contribution in [1.82, 2.24) is 10.3 Å². The summed E-state index contributed by atoms with van der Waals surface area (Å²) >= 11 is 1.41. The fourth-order valence-electron chi connectivity index (χ4n) is 1.67. The van der Waals surface area contributed by atoms with E-state index in [1.54, 1.807) is 10.9 Å². The van der Waals surface area contributed by atoms with Crippen LogP contribution in [0.1, 0.15) is 28.5 Å². The molecule has 0 atom stereocenters. The SMILES string of the molecule is CCOCc1ccccc1CNC(=O)c1cscn1. The van der Waals surface area contributed by atoms with E-state index in [1.807, 2.05) is 31.2 Å². The Bertz CT molecular complexity index is 526. The standard InChI is InChI=1S/C14H16N2O2S/c1-2-18-8-12-6-4-3-5-11(12)7-15-14(17)13-9-19-10-16-13/h3-6,9-10H,2,7-8H2,1H3,(H,15,17). The highest BCUT2D eigenvalue weighted by Gasteiger charge is 2.08. The first kappa shape index (κ1) is 13.7. The van der Waals surface area contributed by atoms with Crippen molar-refractivity contribution in [2.45, 2.75) is 20.1 Å². The Labute approximate surface area is 116 Å². The smallest absolute Gasteiger partial charge is 0.271 e. The molecule has 0 aliphatic heterocycles. The molecule has 1 aromatic carbocycles. The fraction of sp³-hybridized carbons (Fsp3) is 0.286. The summed E-state index contributed by atoms with van der Waals surface area (Å²) in [5, 5.41) is 4.61. The van der Waals surface area contributed by atoms with Crippen molar-refractivity contribution in [2.24, 2.45) is 0 Å². The molecule has 2 rings (SSSR count). The number of aromatic nitrogens is 1. The summed E-state index contributed by atoms with van der Waals surface area (Å²) in [7, 11) is 0. The Morgan fingerprint density at radius 1 is 1.37 bits per heavy atom. The maximum Gasteiger partial charge on any atom is 0.271 e. The number of carbonyl (C=O) groups is 1. The van der Waals surface area contributed by atoms with Gasteiger partial charge in [-0.25, -0.2) is 4.98 Å². The Balaban J connectivity index is 1.97. The third kappa shape index (κ3) is 3.87. The van der Waals surface area contributed by atoms with Gasteiger partial charge in [-0.05, 0) is 18.1 Å². The summed E-state index contributed by atoms with van der Waals surface area (Å²) in [6.07, 6.45) is 0. The van der Waals surface area contributed by atoms with Gasteiger partial charge >= 0.3 is 0 Å². The van der Waals surface area contributed by atoms with E-state index in [1.165, 1.54) is 11.3 Å². The van der Waals surface area contributed by atoms with E-state index in [4.69, 9.17) is 4.74 Å². The predicted molar refractivity (Wildman–Crippen MR) is 75.1 cm³/mol. The minimum Gasteiger partial charge on any atom is -0.377 e. The van der Waals surface area contributed by atoms with Gasteiger partial charge in [-0.2, -0.15) is 0 Å². The van der Waals surface area contributed by atoms with E-state index in [0.29, 0.717) is 25.5 Å². The molecule has 5 heteroatoms. The van der Waals surface area contributed by atoms with E-state index >= 15 is 0 Å². The topological polar surface area (TPSA) is 51.2 Å². The van der Waals surface area contributed by atoms with Crippen molar-refractivity contribution < 1.29 is 9.53 Å². The van der Waals surface area contributed by atoms with Gasteiger partial charge in [-0.3, -0.25) is 4.79 Å². The molecule has 0 aliphatic rings. The molecule has 0 radical (unpaired) electrons. The highest BCUT2D eigenvalue weighted by Crippen LogP contribution is 2.10. The second-order valence-electron chi connectivity index (χ2n) is 3.96. The van der Waals surface area contributed by atoms with Crippen LogP contribution in [0.2, 0.25) is 0 Å². The van der Waals surface area contributed by atoms with Crippen LogP contribution in [0.3, 0.4) is 0 Å². The lowest BCUT2D eigenvalue weighted by atomic mass is 10.1. The number of benzene rings is 1. The third-order valence-electron chi connectivity index (χ3n) is 2.68. The van der Waals surface area contributed by atoms with Crippen LogP contribution in [-0.2, 0) is 17.9 Å². The minimum atomic E-state index is -0.146. The van der Waals surface area contributed by atoms with E-state index in [0.717, 1.165) is 11.1 Å². The monoisotopic (exact) mass is 276 g/mol. The Morgan fingerprint density at radius 3 is 2.84 bits per heavy atom. The zero-order valence-corrected chi connectivity index (χ0v) is 11.6. The molecule has 100 valence electrons. The highest BCUT2D eigenvalue weighted by atomic mass is 32.1. The summed E-state index contributed by atoms with van der Waals surface area (Å²) in [6.45, 7) is 3.70. The number of carbonyl (C=O) groups excluding carboxylic acids is 1. The lowest BCUT2D eigenvalue weighted by Crippen LogP contribution is -2.23. The second kappa shape index (κ2) is 7.01. The molecule has 0 saturated heterocycles. The number of nitrogens with one attached hydrogen (secondary N) is 1. The van der Waals surface area contributed by atoms with Gasteiger partial charge in [0.2, 0.25) is 0 Å². The number of rotatable bonds is 6. The van der Waals surface area contributed by atoms with Crippen LogP contribution >= 0.6 is 11.3 Å². The Kier molecular flexibility index (Phi) is 5.06. The summed E-state index contributed by atoms with van der Waals surface area (Å²) in [5.74, 6) is -0.146. The molecule has 0 bridgehead atoms. The number of nitrogens with zero attached hydrogens (tertiary/aromatic N) is 1. The predicted octanol–water partition coefficient (Wildman–Crippen LogP) is 2.61. The zero-order valence-electron chi connectivity index (χ0n) is 10.8. The minimum absolute atomic E-state index is 0.146. The lowest BCUT2D eigenvalue weighted by Gasteiger charge is -2.10. The van der Waals surface area contributed by atoms with Gasteiger partial charge in [0.05, 0.1) is 12.1 Å². The number of ether oxygens (including phenoxy) is 1. The number of thiazole rings is 1. The van der Waals surface area contributed by atoms with Crippen LogP contribution in [0, 0.1) is 0 Å². The van der Waals surface area contributed by atoms with Crippen molar-refractivity contribution >= 4 is 17.2 Å². The van der Waals surface area contributed by atoms with Crippen LogP contribution in [-0.4, -0.2) is 17.5 Å². The van der Waals surface area contributed by atoms with Gasteiger partial charge in [-0.15, -0.1) is 11.3 Å². The van der Waals surface area contributed by atoms with Crippen molar-refractivity contribution in [3.8, 4) is 0 Å². The molecule has 1 N–H and O–H groups in total. The number of amides is 1. The van der Waals surface area contributed by atoms with Gasteiger partial charge in [-0.1, -0.05) is 24.3 Å². The molecule has 1 amide bonds. The van der Waals surface area contributed by atoms with Crippen LogP contribution in [0.4, 0.5) is 0 Å². The van der Waals surface area contributed by atoms with Gasteiger partial charge in [0, 0.05) is 18.5 Å². The molecule has 1 heterocycles. The molecular formula is C14H16N2O2S. The van der Waals surface area contributed by atoms with Crippen molar-refractivity contribution in [3.63, 3.8) is 0 Å². The van der Waals surface area contributed by atoms with E-state index in [2.05, 4.69) is 10.3 Å². The molecule has 19 heavy (non-hydrogen) atoms. The molecular weight excluding hydrogens is 260 g/mol. The zero-order chi connectivity index (χ0) is 13.5. The van der Waals surface area contributed by atoms with Gasteiger partial charge in [0.25, 0.3) is 5.91 Å². The summed E-state index contributed by atoms with van der Waals surface area (Å²) in [5.41, 5.74) is 4.28. The molecule has 0 saturated carbocycles. The normalized spacial score (nSPS) is 10.4. The van der Waals surface area contributed by atoms with Gasteiger partial charge in [0.1, 0.15) is 5.69 Å². The second-order valence-corrected chi connectivity index (χ2v) is 4.68. The lowest BCUT2D eigenvalue weighted by molar-refractivity contribution is 0.0945. The van der Waals surface area contributed by atoms with E-state index in [9.17, 15) is 4.79 Å². The average Bonchev–Trinajstić information content (AvgIpc) is 2.97. The Hall–Kier alpha value is -1.72. The molecule has 0 spiro atoms. The first-order chi connectivity index (χ1) is 9.31. The summed E-state index contributed by atoms with van der Waals surface area (Å²) in [4.78, 5) is 15.8. The molecule has 2 aromatic rings. The number of hydrogen-bond donors (Lipinski definition) is 1. The number of hydrogen-bond acceptors (Lipinski definition) is 4. The van der Waals surface area contributed by atoms with Gasteiger partial charge in [0.15, 0.2) is 0 Å². The summed E-state index contributed by atoms with van der Waals surface area (Å²) in [6, 6.07) is 7.94. The van der Waals surface area contributed by atoms with Crippen molar-refractivity contribution in [3.05, 3.63) is 52.0 Å². The molecule has 0 fully saturated rings. The average molecular weight is 276 g/mol. The van der Waals surface area contributed by atoms with Crippen LogP contribution in [0.15, 0.2) is 35.2 Å². The van der Waals surface area contributed by atoms with Crippen molar-refractivity contribution in [1.29, 1.82) is 0 Å². The largest absolute Gasteiger partial charge is 0.377 e. The first-order valence-electron chi connectivity index (χ1n) is 6.12. The van der Waals surface area contributed by atoms with Crippen LogP contribution in [0.25, 0.3) is 0 Å². The molecule has 0 aliphatic carbocycles. The molecule has 1 aromatic heterocycles. The Morgan fingerprint density at radius 2 is 2.16 bits per heavy atom. The van der Waals surface area contributed by atoms with Crippen LogP contribution in [0.5, 0.6) is 0 Å². The maximum atomic E-state index is 11.8. The van der Waals surface area contributed by atoms with E-state index in [-0.39, 0.29) is 5.91 Å². The maximum absolute atomic E-state index is 11.8.